The molecule has 0 spiro atoms. The molecule has 0 heterocycles. The fourth-order valence-corrected chi connectivity index (χ4v) is 3.62. The monoisotopic (exact) mass is 422 g/mol. The highest BCUT2D eigenvalue weighted by Crippen LogP contribution is 2.37. The van der Waals surface area contributed by atoms with Gasteiger partial charge in [0.05, 0.1) is 11.3 Å². The number of nitrogens with one attached hydrogen (secondary N) is 2. The lowest BCUT2D eigenvalue weighted by molar-refractivity contribution is -0.136. The molecule has 1 saturated carbocycles. The number of hydrogen-bond donors (Lipinski definition) is 2. The van der Waals surface area contributed by atoms with Crippen molar-refractivity contribution in [2.75, 3.05) is 10.6 Å². The van der Waals surface area contributed by atoms with Gasteiger partial charge in [-0.2, -0.15) is 13.2 Å². The van der Waals surface area contributed by atoms with Crippen molar-refractivity contribution in [1.82, 2.24) is 0 Å². The van der Waals surface area contributed by atoms with Crippen LogP contribution in [-0.2, 0) is 11.0 Å². The van der Waals surface area contributed by atoms with Crippen molar-refractivity contribution in [2.24, 2.45) is 5.92 Å². The summed E-state index contributed by atoms with van der Waals surface area (Å²) in [5, 5.41) is 4.71. The van der Waals surface area contributed by atoms with Crippen LogP contribution in [0.25, 0.3) is 0 Å². The Hall–Kier alpha value is -2.90. The van der Waals surface area contributed by atoms with Gasteiger partial charge >= 0.3 is 6.18 Å². The van der Waals surface area contributed by atoms with Crippen LogP contribution in [0.2, 0.25) is 0 Å². The number of carbonyl (C=O) groups excluding carboxylic acids is 2. The van der Waals surface area contributed by atoms with E-state index < -0.39 is 29.4 Å². The van der Waals surface area contributed by atoms with E-state index in [4.69, 9.17) is 0 Å². The van der Waals surface area contributed by atoms with Gasteiger partial charge in [-0.3, -0.25) is 9.59 Å². The Morgan fingerprint density at radius 1 is 0.967 bits per heavy atom. The predicted octanol–water partition coefficient (Wildman–Crippen LogP) is 6.01. The molecule has 2 aromatic carbocycles. The first-order valence-electron chi connectivity index (χ1n) is 9.80. The number of halogens is 4. The summed E-state index contributed by atoms with van der Waals surface area (Å²) < 4.78 is 53.5. The average Bonchev–Trinajstić information content (AvgIpc) is 3.21. The van der Waals surface area contributed by atoms with E-state index in [9.17, 15) is 27.2 Å². The molecule has 30 heavy (non-hydrogen) atoms. The molecule has 0 aliphatic heterocycles. The van der Waals surface area contributed by atoms with Gasteiger partial charge in [0.25, 0.3) is 5.91 Å². The first-order valence-corrected chi connectivity index (χ1v) is 9.80. The molecule has 2 N–H and O–H groups in total. The van der Waals surface area contributed by atoms with Crippen LogP contribution in [0.5, 0.6) is 0 Å². The number of anilines is 2. The van der Waals surface area contributed by atoms with Crippen molar-refractivity contribution in [1.29, 1.82) is 0 Å². The highest BCUT2D eigenvalue weighted by molar-refractivity contribution is 6.04. The quantitative estimate of drug-likeness (QED) is 0.561. The van der Waals surface area contributed by atoms with Crippen molar-refractivity contribution in [3.8, 4) is 0 Å². The van der Waals surface area contributed by atoms with E-state index >= 15 is 0 Å². The zero-order chi connectivity index (χ0) is 21.7. The largest absolute Gasteiger partial charge is 0.418 e. The summed E-state index contributed by atoms with van der Waals surface area (Å²) in [7, 11) is 0. The van der Waals surface area contributed by atoms with Gasteiger partial charge in [0.1, 0.15) is 5.82 Å². The second kappa shape index (κ2) is 9.28. The van der Waals surface area contributed by atoms with Crippen LogP contribution in [0.1, 0.15) is 54.4 Å². The van der Waals surface area contributed by atoms with Crippen molar-refractivity contribution in [2.45, 2.75) is 44.7 Å². The summed E-state index contributed by atoms with van der Waals surface area (Å²) >= 11 is 0. The summed E-state index contributed by atoms with van der Waals surface area (Å²) in [6.45, 7) is 0. The third kappa shape index (κ3) is 5.81. The number of alkyl halides is 3. The molecule has 4 nitrogen and oxygen atoms in total. The van der Waals surface area contributed by atoms with Crippen LogP contribution in [0.15, 0.2) is 42.5 Å². The van der Waals surface area contributed by atoms with E-state index in [1.54, 1.807) is 0 Å². The molecule has 0 radical (unpaired) electrons. The summed E-state index contributed by atoms with van der Waals surface area (Å²) in [6, 6.07) is 7.80. The molecule has 8 heteroatoms. The Balaban J connectivity index is 1.70. The minimum atomic E-state index is -4.72. The Labute approximate surface area is 171 Å². The van der Waals surface area contributed by atoms with Crippen LogP contribution in [-0.4, -0.2) is 11.8 Å². The molecule has 0 bridgehead atoms. The van der Waals surface area contributed by atoms with Gasteiger partial charge in [0.2, 0.25) is 5.91 Å². The van der Waals surface area contributed by atoms with Gasteiger partial charge in [-0.1, -0.05) is 25.7 Å². The molecule has 1 fully saturated rings. The van der Waals surface area contributed by atoms with Crippen LogP contribution in [0, 0.1) is 11.7 Å². The zero-order valence-corrected chi connectivity index (χ0v) is 16.2. The van der Waals surface area contributed by atoms with Crippen LogP contribution in [0.4, 0.5) is 28.9 Å². The standard InChI is InChI=1S/C22H22F4N2O2/c23-16-8-6-15(7-9-16)21(30)27-17-10-11-19(18(13-17)22(24,25)26)28-20(29)12-5-14-3-1-2-4-14/h6-11,13-14H,1-5,12H2,(H,27,30)(H,28,29). The first kappa shape index (κ1) is 21.8. The highest BCUT2D eigenvalue weighted by atomic mass is 19.4. The molecule has 160 valence electrons. The zero-order valence-electron chi connectivity index (χ0n) is 16.2. The highest BCUT2D eigenvalue weighted by Gasteiger charge is 2.34. The predicted molar refractivity (Wildman–Crippen MR) is 106 cm³/mol. The summed E-state index contributed by atoms with van der Waals surface area (Å²) in [5.74, 6) is -1.20. The molecule has 2 aromatic rings. The van der Waals surface area contributed by atoms with Gasteiger partial charge < -0.3 is 10.6 Å². The van der Waals surface area contributed by atoms with E-state index in [1.807, 2.05) is 0 Å². The van der Waals surface area contributed by atoms with Crippen molar-refractivity contribution >= 4 is 23.2 Å². The van der Waals surface area contributed by atoms with Crippen molar-refractivity contribution < 1.29 is 27.2 Å². The molecular formula is C22H22F4N2O2. The maximum Gasteiger partial charge on any atom is 0.418 e. The smallest absolute Gasteiger partial charge is 0.326 e. The maximum absolute atomic E-state index is 13.5. The van der Waals surface area contributed by atoms with E-state index in [-0.39, 0.29) is 23.4 Å². The fraction of sp³-hybridized carbons (Fsp3) is 0.364. The Bertz CT molecular complexity index is 904. The normalized spacial score (nSPS) is 14.5. The van der Waals surface area contributed by atoms with E-state index in [2.05, 4.69) is 10.6 Å². The number of benzene rings is 2. The van der Waals surface area contributed by atoms with E-state index in [1.165, 1.54) is 18.2 Å². The molecule has 0 aromatic heterocycles. The van der Waals surface area contributed by atoms with E-state index in [0.29, 0.717) is 12.3 Å². The number of hydrogen-bond acceptors (Lipinski definition) is 2. The average molecular weight is 422 g/mol. The first-order chi connectivity index (χ1) is 14.2. The van der Waals surface area contributed by atoms with Crippen molar-refractivity contribution in [3.05, 3.63) is 59.4 Å². The lowest BCUT2D eigenvalue weighted by Crippen LogP contribution is -2.18. The van der Waals surface area contributed by atoms with Gasteiger partial charge in [-0.25, -0.2) is 4.39 Å². The molecule has 0 atom stereocenters. The third-order valence-corrected chi connectivity index (χ3v) is 5.22. The van der Waals surface area contributed by atoms with Gasteiger partial charge in [-0.05, 0) is 54.8 Å². The van der Waals surface area contributed by atoms with Gasteiger partial charge in [-0.15, -0.1) is 0 Å². The third-order valence-electron chi connectivity index (χ3n) is 5.22. The molecule has 1 aliphatic rings. The fourth-order valence-electron chi connectivity index (χ4n) is 3.62. The number of amides is 2. The second-order valence-electron chi connectivity index (χ2n) is 7.46. The lowest BCUT2D eigenvalue weighted by Gasteiger charge is -2.16. The topological polar surface area (TPSA) is 58.2 Å². The molecule has 0 unspecified atom stereocenters. The Morgan fingerprint density at radius 3 is 2.27 bits per heavy atom. The molecule has 2 amide bonds. The van der Waals surface area contributed by atoms with Crippen molar-refractivity contribution in [3.63, 3.8) is 0 Å². The maximum atomic E-state index is 13.5. The summed E-state index contributed by atoms with van der Waals surface area (Å²) in [4.78, 5) is 24.3. The van der Waals surface area contributed by atoms with Gasteiger partial charge in [0, 0.05) is 17.7 Å². The van der Waals surface area contributed by atoms with Crippen LogP contribution >= 0.6 is 0 Å². The Morgan fingerprint density at radius 2 is 1.63 bits per heavy atom. The van der Waals surface area contributed by atoms with Crippen LogP contribution < -0.4 is 10.6 Å². The van der Waals surface area contributed by atoms with Crippen LogP contribution in [0.3, 0.4) is 0 Å². The minimum absolute atomic E-state index is 0.0828. The molecular weight excluding hydrogens is 400 g/mol. The number of rotatable bonds is 6. The summed E-state index contributed by atoms with van der Waals surface area (Å²) in [6.07, 6.45) is 0.507. The second-order valence-corrected chi connectivity index (χ2v) is 7.46. The minimum Gasteiger partial charge on any atom is -0.326 e. The van der Waals surface area contributed by atoms with E-state index in [0.717, 1.165) is 49.9 Å². The molecule has 3 rings (SSSR count). The Kier molecular flexibility index (Phi) is 6.74. The molecule has 0 saturated heterocycles. The summed E-state index contributed by atoms with van der Waals surface area (Å²) in [5.41, 5.74) is -1.37. The number of carbonyl (C=O) groups is 2. The van der Waals surface area contributed by atoms with Gasteiger partial charge in [0.15, 0.2) is 0 Å². The lowest BCUT2D eigenvalue weighted by atomic mass is 10.0. The SMILES string of the molecule is O=C(CCC1CCCC1)Nc1ccc(NC(=O)c2ccc(F)cc2)cc1C(F)(F)F. The molecule has 1 aliphatic carbocycles.